The second-order valence-corrected chi connectivity index (χ2v) is 12.0. The van der Waals surface area contributed by atoms with Gasteiger partial charge in [-0.2, -0.15) is 0 Å². The number of ether oxygens (including phenoxy) is 1. The van der Waals surface area contributed by atoms with Crippen molar-refractivity contribution in [2.75, 3.05) is 13.7 Å². The number of aliphatic hydroxyl groups is 2. The minimum atomic E-state index is -2.28. The number of H-pyrrole nitrogens is 1. The number of aromatic amines is 1. The molecule has 0 aliphatic carbocycles. The number of fused-ring (bicyclic) bond motifs is 1. The van der Waals surface area contributed by atoms with Crippen molar-refractivity contribution in [2.24, 2.45) is 0 Å². The van der Waals surface area contributed by atoms with Gasteiger partial charge < -0.3 is 40.8 Å². The van der Waals surface area contributed by atoms with E-state index in [1.165, 1.54) is 37.7 Å². The van der Waals surface area contributed by atoms with E-state index in [0.717, 1.165) is 5.56 Å². The second-order valence-electron chi connectivity index (χ2n) is 12.0. The van der Waals surface area contributed by atoms with Gasteiger partial charge in [0.1, 0.15) is 11.5 Å². The molecule has 4 aromatic carbocycles. The van der Waals surface area contributed by atoms with Crippen molar-refractivity contribution in [3.05, 3.63) is 153 Å². The summed E-state index contributed by atoms with van der Waals surface area (Å²) < 4.78 is 5.54. The zero-order valence-corrected chi connectivity index (χ0v) is 27.9. The fourth-order valence-electron chi connectivity index (χ4n) is 5.93. The molecule has 13 heteroatoms. The van der Waals surface area contributed by atoms with Crippen LogP contribution in [0.15, 0.2) is 114 Å². The molecule has 0 saturated heterocycles. The number of nitrogens with one attached hydrogen (secondary N) is 3. The van der Waals surface area contributed by atoms with Crippen molar-refractivity contribution in [1.82, 2.24) is 25.6 Å². The van der Waals surface area contributed by atoms with Crippen molar-refractivity contribution in [3.63, 3.8) is 0 Å². The summed E-state index contributed by atoms with van der Waals surface area (Å²) in [5.41, 5.74) is 0.992. The SMILES string of the molecule is COc1cc(C(=O)NCc2cncc(-c3cccc(C(O)(C(=O)O)c4ccccc4)c3)n2)ccc1CNCC(O)c1ccc(O)c2[nH]c(=O)ccc12. The van der Waals surface area contributed by atoms with Gasteiger partial charge in [0.05, 0.1) is 49.1 Å². The van der Waals surface area contributed by atoms with Gasteiger partial charge in [0.15, 0.2) is 0 Å². The number of nitrogens with zero attached hydrogens (tertiary/aromatic N) is 2. The largest absolute Gasteiger partial charge is 0.506 e. The Bertz CT molecular complexity index is 2310. The standard InChI is InChI=1S/C39H35N5O8/c1-52-34-17-24(10-11-25(34)18-40-22-33(46)29-12-14-32(45)36-30(29)13-15-35(47)44-36)37(48)42-20-28-19-41-21-31(43-28)23-6-5-9-27(16-23)39(51,38(49)50)26-7-3-2-4-8-26/h2-17,19,21,33,40,45-46,51H,18,20,22H2,1H3,(H,42,48)(H,44,47)(H,49,50). The summed E-state index contributed by atoms with van der Waals surface area (Å²) in [4.78, 5) is 48.6. The van der Waals surface area contributed by atoms with Crippen LogP contribution in [0.1, 0.15) is 44.4 Å². The van der Waals surface area contributed by atoms with Gasteiger partial charge in [-0.3, -0.25) is 14.6 Å². The van der Waals surface area contributed by atoms with Crippen LogP contribution in [0.3, 0.4) is 0 Å². The molecule has 0 bridgehead atoms. The Labute approximate surface area is 297 Å². The number of pyridine rings is 1. The fourth-order valence-corrected chi connectivity index (χ4v) is 5.93. The van der Waals surface area contributed by atoms with E-state index in [4.69, 9.17) is 4.74 Å². The predicted molar refractivity (Wildman–Crippen MR) is 192 cm³/mol. The van der Waals surface area contributed by atoms with Crippen molar-refractivity contribution in [1.29, 1.82) is 0 Å². The first-order valence-corrected chi connectivity index (χ1v) is 16.2. The average molecular weight is 702 g/mol. The quantitative estimate of drug-likeness (QED) is 0.0923. The fraction of sp³-hybridized carbons (Fsp3) is 0.154. The molecular formula is C39H35N5O8. The van der Waals surface area contributed by atoms with Crippen LogP contribution >= 0.6 is 0 Å². The van der Waals surface area contributed by atoms with E-state index < -0.39 is 17.7 Å². The molecule has 264 valence electrons. The molecule has 2 unspecified atom stereocenters. The molecule has 0 spiro atoms. The highest BCUT2D eigenvalue weighted by atomic mass is 16.5. The molecule has 0 radical (unpaired) electrons. The van der Waals surface area contributed by atoms with Crippen molar-refractivity contribution in [3.8, 4) is 22.8 Å². The van der Waals surface area contributed by atoms with Crippen molar-refractivity contribution in [2.45, 2.75) is 24.8 Å². The van der Waals surface area contributed by atoms with E-state index in [-0.39, 0.29) is 46.9 Å². The molecule has 0 saturated carbocycles. The number of hydrogen-bond acceptors (Lipinski definition) is 10. The molecule has 13 nitrogen and oxygen atoms in total. The van der Waals surface area contributed by atoms with Gasteiger partial charge in [-0.25, -0.2) is 9.78 Å². The van der Waals surface area contributed by atoms with Crippen LogP contribution in [0.25, 0.3) is 22.2 Å². The topological polar surface area (TPSA) is 207 Å². The van der Waals surface area contributed by atoms with Crippen molar-refractivity contribution >= 4 is 22.8 Å². The van der Waals surface area contributed by atoms with Crippen LogP contribution in [-0.2, 0) is 23.5 Å². The second kappa shape index (κ2) is 15.2. The minimum absolute atomic E-state index is 0.0474. The van der Waals surface area contributed by atoms with E-state index in [9.17, 15) is 34.8 Å². The number of phenolic OH excluding ortho intramolecular Hbond substituents is 1. The number of amides is 1. The number of hydrogen-bond donors (Lipinski definition) is 7. The normalized spacial score (nSPS) is 12.9. The van der Waals surface area contributed by atoms with Gasteiger partial charge in [0.25, 0.3) is 5.91 Å². The molecule has 2 atom stereocenters. The summed E-state index contributed by atoms with van der Waals surface area (Å²) in [6, 6.07) is 25.5. The van der Waals surface area contributed by atoms with Gasteiger partial charge in [-0.1, -0.05) is 60.7 Å². The summed E-state index contributed by atoms with van der Waals surface area (Å²) in [6.07, 6.45) is 2.07. The number of aromatic hydroxyl groups is 1. The van der Waals surface area contributed by atoms with Gasteiger partial charge in [-0.15, -0.1) is 0 Å². The first kappa shape index (κ1) is 35.4. The number of aliphatic carboxylic acids is 1. The summed E-state index contributed by atoms with van der Waals surface area (Å²) in [6.45, 7) is 0.516. The number of rotatable bonds is 13. The molecule has 0 aliphatic rings. The molecule has 6 rings (SSSR count). The number of carbonyl (C=O) groups excluding carboxylic acids is 1. The first-order valence-electron chi connectivity index (χ1n) is 16.2. The first-order chi connectivity index (χ1) is 25.1. The number of benzene rings is 4. The Morgan fingerprint density at radius 1 is 0.923 bits per heavy atom. The molecule has 0 fully saturated rings. The highest BCUT2D eigenvalue weighted by molar-refractivity contribution is 5.94. The summed E-state index contributed by atoms with van der Waals surface area (Å²) in [5.74, 6) is -1.43. The lowest BCUT2D eigenvalue weighted by Gasteiger charge is -2.25. The van der Waals surface area contributed by atoms with Crippen LogP contribution in [-0.4, -0.2) is 60.9 Å². The minimum Gasteiger partial charge on any atom is -0.506 e. The molecule has 2 heterocycles. The Balaban J connectivity index is 1.09. The third-order valence-corrected chi connectivity index (χ3v) is 8.66. The highest BCUT2D eigenvalue weighted by Crippen LogP contribution is 2.33. The molecule has 1 amide bonds. The maximum atomic E-state index is 13.1. The zero-order chi connectivity index (χ0) is 36.8. The number of carboxylic acids is 1. The van der Waals surface area contributed by atoms with Crippen LogP contribution in [0.2, 0.25) is 0 Å². The smallest absolute Gasteiger partial charge is 0.345 e. The molecule has 2 aromatic heterocycles. The number of carboxylic acid groups (broad SMARTS) is 1. The molecule has 7 N–H and O–H groups in total. The third kappa shape index (κ3) is 7.37. The lowest BCUT2D eigenvalue weighted by Crippen LogP contribution is -2.36. The summed E-state index contributed by atoms with van der Waals surface area (Å²) in [7, 11) is 1.49. The van der Waals surface area contributed by atoms with E-state index in [2.05, 4.69) is 25.6 Å². The predicted octanol–water partition coefficient (Wildman–Crippen LogP) is 3.77. The lowest BCUT2D eigenvalue weighted by atomic mass is 9.85. The lowest BCUT2D eigenvalue weighted by molar-refractivity contribution is -0.155. The third-order valence-electron chi connectivity index (χ3n) is 8.66. The Morgan fingerprint density at radius 2 is 1.71 bits per heavy atom. The number of methoxy groups -OCH3 is 1. The maximum Gasteiger partial charge on any atom is 0.345 e. The van der Waals surface area contributed by atoms with Crippen LogP contribution in [0.5, 0.6) is 11.5 Å². The molecule has 6 aromatic rings. The number of aromatic nitrogens is 3. The van der Waals surface area contributed by atoms with Gasteiger partial charge in [-0.05, 0) is 41.5 Å². The molecular weight excluding hydrogens is 666 g/mol. The van der Waals surface area contributed by atoms with Crippen molar-refractivity contribution < 1.29 is 34.8 Å². The molecule has 52 heavy (non-hydrogen) atoms. The highest BCUT2D eigenvalue weighted by Gasteiger charge is 2.40. The van der Waals surface area contributed by atoms with E-state index in [1.54, 1.807) is 78.9 Å². The van der Waals surface area contributed by atoms with Gasteiger partial charge >= 0.3 is 5.97 Å². The Morgan fingerprint density at radius 3 is 2.48 bits per heavy atom. The van der Waals surface area contributed by atoms with Crippen LogP contribution < -0.4 is 20.9 Å². The average Bonchev–Trinajstić information content (AvgIpc) is 3.17. The van der Waals surface area contributed by atoms with E-state index in [1.807, 2.05) is 0 Å². The van der Waals surface area contributed by atoms with Gasteiger partial charge in [0.2, 0.25) is 11.2 Å². The van der Waals surface area contributed by atoms with Crippen LogP contribution in [0, 0.1) is 0 Å². The van der Waals surface area contributed by atoms with Gasteiger partial charge in [0, 0.05) is 46.8 Å². The number of phenols is 1. The number of carbonyl (C=O) groups is 2. The summed E-state index contributed by atoms with van der Waals surface area (Å²) >= 11 is 0. The number of aliphatic hydroxyl groups excluding tert-OH is 1. The molecule has 0 aliphatic heterocycles. The Kier molecular flexibility index (Phi) is 10.4. The zero-order valence-electron chi connectivity index (χ0n) is 27.9. The monoisotopic (exact) mass is 701 g/mol. The summed E-state index contributed by atoms with van der Waals surface area (Å²) in [5, 5.41) is 48.8. The van der Waals surface area contributed by atoms with E-state index in [0.29, 0.717) is 45.8 Å². The Hall–Kier alpha value is -6.41. The van der Waals surface area contributed by atoms with E-state index >= 15 is 0 Å². The maximum absolute atomic E-state index is 13.1. The van der Waals surface area contributed by atoms with Crippen LogP contribution in [0.4, 0.5) is 0 Å².